The minimum atomic E-state index is -0.306. The SMILES string of the molecule is CN1CCC(OC(=O)N(C)c2ccc(N)cc2)CC1. The number of piperidine rings is 1. The molecule has 0 saturated carbocycles. The van der Waals surface area contributed by atoms with Gasteiger partial charge < -0.3 is 15.4 Å². The van der Waals surface area contributed by atoms with Crippen molar-refractivity contribution in [1.29, 1.82) is 0 Å². The molecule has 1 aliphatic rings. The highest BCUT2D eigenvalue weighted by Crippen LogP contribution is 2.18. The van der Waals surface area contributed by atoms with Gasteiger partial charge in [0.2, 0.25) is 0 Å². The fourth-order valence-electron chi connectivity index (χ4n) is 2.13. The molecule has 104 valence electrons. The van der Waals surface area contributed by atoms with E-state index >= 15 is 0 Å². The van der Waals surface area contributed by atoms with Crippen LogP contribution >= 0.6 is 0 Å². The van der Waals surface area contributed by atoms with Gasteiger partial charge >= 0.3 is 6.09 Å². The molecule has 1 amide bonds. The average molecular weight is 263 g/mol. The Morgan fingerprint density at radius 1 is 1.32 bits per heavy atom. The summed E-state index contributed by atoms with van der Waals surface area (Å²) in [5, 5.41) is 0. The Hall–Kier alpha value is -1.75. The van der Waals surface area contributed by atoms with Gasteiger partial charge in [0.1, 0.15) is 6.10 Å². The van der Waals surface area contributed by atoms with E-state index in [0.717, 1.165) is 31.6 Å². The summed E-state index contributed by atoms with van der Waals surface area (Å²) in [6, 6.07) is 7.17. The number of hydrogen-bond donors (Lipinski definition) is 1. The lowest BCUT2D eigenvalue weighted by Gasteiger charge is -2.30. The highest BCUT2D eigenvalue weighted by Gasteiger charge is 2.22. The van der Waals surface area contributed by atoms with E-state index in [2.05, 4.69) is 11.9 Å². The number of nitrogens with zero attached hydrogens (tertiary/aromatic N) is 2. The van der Waals surface area contributed by atoms with Crippen molar-refractivity contribution in [2.45, 2.75) is 18.9 Å². The number of ether oxygens (including phenoxy) is 1. The number of carbonyl (C=O) groups excluding carboxylic acids is 1. The van der Waals surface area contributed by atoms with Crippen LogP contribution in [0.5, 0.6) is 0 Å². The number of carbonyl (C=O) groups is 1. The number of nitrogens with two attached hydrogens (primary N) is 1. The smallest absolute Gasteiger partial charge is 0.414 e. The van der Waals surface area contributed by atoms with Crippen molar-refractivity contribution < 1.29 is 9.53 Å². The van der Waals surface area contributed by atoms with Crippen molar-refractivity contribution in [2.24, 2.45) is 0 Å². The van der Waals surface area contributed by atoms with Crippen LogP contribution in [0.25, 0.3) is 0 Å². The molecule has 1 aliphatic heterocycles. The number of anilines is 2. The van der Waals surface area contributed by atoms with Gasteiger partial charge in [-0.15, -0.1) is 0 Å². The Morgan fingerprint density at radius 2 is 1.89 bits per heavy atom. The lowest BCUT2D eigenvalue weighted by Crippen LogP contribution is -2.38. The summed E-state index contributed by atoms with van der Waals surface area (Å²) in [6.07, 6.45) is 1.52. The monoisotopic (exact) mass is 263 g/mol. The molecular formula is C14H21N3O2. The predicted octanol–water partition coefficient (Wildman–Crippen LogP) is 1.94. The summed E-state index contributed by atoms with van der Waals surface area (Å²) >= 11 is 0. The van der Waals surface area contributed by atoms with Crippen molar-refractivity contribution in [3.8, 4) is 0 Å². The molecule has 0 radical (unpaired) electrons. The molecule has 0 spiro atoms. The molecular weight excluding hydrogens is 242 g/mol. The van der Waals surface area contributed by atoms with Gasteiger partial charge in [0.25, 0.3) is 0 Å². The maximum atomic E-state index is 12.0. The topological polar surface area (TPSA) is 58.8 Å². The first-order valence-corrected chi connectivity index (χ1v) is 6.54. The molecule has 0 bridgehead atoms. The largest absolute Gasteiger partial charge is 0.446 e. The lowest BCUT2D eigenvalue weighted by atomic mass is 10.1. The fourth-order valence-corrected chi connectivity index (χ4v) is 2.13. The van der Waals surface area contributed by atoms with Crippen LogP contribution in [0, 0.1) is 0 Å². The Labute approximate surface area is 113 Å². The van der Waals surface area contributed by atoms with E-state index in [1.54, 1.807) is 19.2 Å². The third-order valence-corrected chi connectivity index (χ3v) is 3.49. The van der Waals surface area contributed by atoms with Gasteiger partial charge in [-0.3, -0.25) is 4.90 Å². The number of rotatable bonds is 2. The van der Waals surface area contributed by atoms with Crippen LogP contribution in [0.1, 0.15) is 12.8 Å². The van der Waals surface area contributed by atoms with Crippen LogP contribution in [0.4, 0.5) is 16.2 Å². The van der Waals surface area contributed by atoms with Crippen molar-refractivity contribution in [2.75, 3.05) is 37.8 Å². The fraction of sp³-hybridized carbons (Fsp3) is 0.500. The summed E-state index contributed by atoms with van der Waals surface area (Å²) in [5.74, 6) is 0. The molecule has 0 aliphatic carbocycles. The molecule has 0 aromatic heterocycles. The first-order chi connectivity index (χ1) is 9.06. The zero-order chi connectivity index (χ0) is 13.8. The molecule has 1 fully saturated rings. The third-order valence-electron chi connectivity index (χ3n) is 3.49. The van der Waals surface area contributed by atoms with Gasteiger partial charge in [-0.2, -0.15) is 0 Å². The number of hydrogen-bond acceptors (Lipinski definition) is 4. The first kappa shape index (κ1) is 13.7. The van der Waals surface area contributed by atoms with Crippen LogP contribution in [0.15, 0.2) is 24.3 Å². The third kappa shape index (κ3) is 3.61. The first-order valence-electron chi connectivity index (χ1n) is 6.54. The van der Waals surface area contributed by atoms with Crippen LogP contribution in [-0.2, 0) is 4.74 Å². The van der Waals surface area contributed by atoms with Crippen molar-refractivity contribution in [3.63, 3.8) is 0 Å². The molecule has 0 atom stereocenters. The average Bonchev–Trinajstić information content (AvgIpc) is 2.41. The molecule has 19 heavy (non-hydrogen) atoms. The Balaban J connectivity index is 1.90. The normalized spacial score (nSPS) is 17.2. The Kier molecular flexibility index (Phi) is 4.27. The summed E-state index contributed by atoms with van der Waals surface area (Å²) in [6.45, 7) is 1.95. The maximum absolute atomic E-state index is 12.0. The van der Waals surface area contributed by atoms with Crippen molar-refractivity contribution in [1.82, 2.24) is 4.90 Å². The van der Waals surface area contributed by atoms with E-state index in [0.29, 0.717) is 5.69 Å². The molecule has 1 aromatic carbocycles. The summed E-state index contributed by atoms with van der Waals surface area (Å²) < 4.78 is 5.52. The summed E-state index contributed by atoms with van der Waals surface area (Å²) in [7, 11) is 3.79. The lowest BCUT2D eigenvalue weighted by molar-refractivity contribution is 0.0624. The molecule has 1 heterocycles. The van der Waals surface area contributed by atoms with E-state index < -0.39 is 0 Å². The van der Waals surface area contributed by atoms with Gasteiger partial charge in [-0.1, -0.05) is 0 Å². The zero-order valence-electron chi connectivity index (χ0n) is 11.5. The van der Waals surface area contributed by atoms with Gasteiger partial charge in [0.05, 0.1) is 0 Å². The van der Waals surface area contributed by atoms with Gasteiger partial charge in [0, 0.05) is 31.5 Å². The van der Waals surface area contributed by atoms with Crippen LogP contribution in [0.3, 0.4) is 0 Å². The van der Waals surface area contributed by atoms with Gasteiger partial charge in [0.15, 0.2) is 0 Å². The second-order valence-electron chi connectivity index (χ2n) is 5.04. The number of nitrogen functional groups attached to an aromatic ring is 1. The van der Waals surface area contributed by atoms with E-state index in [-0.39, 0.29) is 12.2 Å². The van der Waals surface area contributed by atoms with Gasteiger partial charge in [-0.05, 0) is 44.2 Å². The molecule has 2 rings (SSSR count). The molecule has 5 nitrogen and oxygen atoms in total. The standard InChI is InChI=1S/C14H21N3O2/c1-16-9-7-13(8-10-16)19-14(18)17(2)12-5-3-11(15)4-6-12/h3-6,13H,7-10,15H2,1-2H3. The molecule has 1 aromatic rings. The van der Waals surface area contributed by atoms with E-state index in [9.17, 15) is 4.79 Å². The molecule has 2 N–H and O–H groups in total. The zero-order valence-corrected chi connectivity index (χ0v) is 11.5. The number of amides is 1. The molecule has 1 saturated heterocycles. The minimum Gasteiger partial charge on any atom is -0.446 e. The van der Waals surface area contributed by atoms with Crippen LogP contribution in [0.2, 0.25) is 0 Å². The molecule has 0 unspecified atom stereocenters. The van der Waals surface area contributed by atoms with Crippen molar-refractivity contribution in [3.05, 3.63) is 24.3 Å². The molecule has 5 heteroatoms. The quantitative estimate of drug-likeness (QED) is 0.828. The van der Waals surface area contributed by atoms with E-state index in [4.69, 9.17) is 10.5 Å². The highest BCUT2D eigenvalue weighted by atomic mass is 16.6. The summed E-state index contributed by atoms with van der Waals surface area (Å²) in [4.78, 5) is 15.8. The van der Waals surface area contributed by atoms with Crippen LogP contribution < -0.4 is 10.6 Å². The number of likely N-dealkylation sites (tertiary alicyclic amines) is 1. The second kappa shape index (κ2) is 5.93. The Bertz CT molecular complexity index is 425. The second-order valence-corrected chi connectivity index (χ2v) is 5.04. The minimum absolute atomic E-state index is 0.0277. The maximum Gasteiger partial charge on any atom is 0.414 e. The summed E-state index contributed by atoms with van der Waals surface area (Å²) in [5.41, 5.74) is 7.09. The van der Waals surface area contributed by atoms with E-state index in [1.165, 1.54) is 4.90 Å². The van der Waals surface area contributed by atoms with E-state index in [1.807, 2.05) is 12.1 Å². The van der Waals surface area contributed by atoms with Crippen molar-refractivity contribution >= 4 is 17.5 Å². The Morgan fingerprint density at radius 3 is 2.47 bits per heavy atom. The predicted molar refractivity (Wildman–Crippen MR) is 76.3 cm³/mol. The highest BCUT2D eigenvalue weighted by molar-refractivity contribution is 5.87. The van der Waals surface area contributed by atoms with Gasteiger partial charge in [-0.25, -0.2) is 4.79 Å². The number of benzene rings is 1. The van der Waals surface area contributed by atoms with Crippen LogP contribution in [-0.4, -0.2) is 44.3 Å².